The normalized spacial score (nSPS) is 28.2. The highest BCUT2D eigenvalue weighted by Gasteiger charge is 2.48. The molecule has 1 atom stereocenters. The first-order chi connectivity index (χ1) is 8.25. The van der Waals surface area contributed by atoms with Crippen LogP contribution >= 0.6 is 0 Å². The molecule has 1 unspecified atom stereocenters. The molecule has 5 heteroatoms. The smallest absolute Gasteiger partial charge is 0.232 e. The van der Waals surface area contributed by atoms with Crippen molar-refractivity contribution in [2.75, 3.05) is 26.7 Å². The van der Waals surface area contributed by atoms with Gasteiger partial charge in [-0.05, 0) is 26.3 Å². The Hall–Kier alpha value is -0.940. The predicted molar refractivity (Wildman–Crippen MR) is 63.7 cm³/mol. The first-order valence-electron chi connectivity index (χ1n) is 6.50. The van der Waals surface area contributed by atoms with Gasteiger partial charge in [0, 0.05) is 25.0 Å². The quantitative estimate of drug-likeness (QED) is 0.851. The van der Waals surface area contributed by atoms with E-state index < -0.39 is 0 Å². The summed E-state index contributed by atoms with van der Waals surface area (Å²) in [5.74, 6) is 1.70. The molecule has 17 heavy (non-hydrogen) atoms. The van der Waals surface area contributed by atoms with Gasteiger partial charge in [0.1, 0.15) is 0 Å². The lowest BCUT2D eigenvalue weighted by Gasteiger charge is -2.30. The fourth-order valence-electron chi connectivity index (χ4n) is 2.55. The second kappa shape index (κ2) is 4.07. The lowest BCUT2D eigenvalue weighted by Crippen LogP contribution is -2.44. The van der Waals surface area contributed by atoms with Crippen LogP contribution < -0.4 is 5.32 Å². The molecule has 1 aliphatic carbocycles. The molecule has 5 nitrogen and oxygen atoms in total. The summed E-state index contributed by atoms with van der Waals surface area (Å²) < 4.78 is 5.47. The lowest BCUT2D eigenvalue weighted by atomic mass is 10.0. The van der Waals surface area contributed by atoms with E-state index in [4.69, 9.17) is 4.52 Å². The van der Waals surface area contributed by atoms with Gasteiger partial charge in [-0.25, -0.2) is 0 Å². The Bertz CT molecular complexity index is 399. The fraction of sp³-hybridized carbons (Fsp3) is 0.833. The monoisotopic (exact) mass is 236 g/mol. The van der Waals surface area contributed by atoms with Crippen LogP contribution in [0.15, 0.2) is 4.52 Å². The maximum Gasteiger partial charge on any atom is 0.232 e. The maximum atomic E-state index is 5.47. The summed E-state index contributed by atoms with van der Waals surface area (Å²) in [6, 6.07) is 0.258. The second-order valence-electron chi connectivity index (χ2n) is 5.29. The standard InChI is InChI=1S/C12H20N4O/c1-3-12(4-5-12)11-14-10(15-17-11)9-8-13-6-7-16(9)2/h9,13H,3-8H2,1-2H3. The maximum absolute atomic E-state index is 5.47. The van der Waals surface area contributed by atoms with Gasteiger partial charge in [0.2, 0.25) is 5.89 Å². The molecular formula is C12H20N4O. The Labute approximate surface area is 102 Å². The van der Waals surface area contributed by atoms with Crippen molar-refractivity contribution in [3.8, 4) is 0 Å². The van der Waals surface area contributed by atoms with Gasteiger partial charge in [-0.15, -0.1) is 0 Å². The van der Waals surface area contributed by atoms with Crippen LogP contribution in [0.25, 0.3) is 0 Å². The number of hydrogen-bond acceptors (Lipinski definition) is 5. The fourth-order valence-corrected chi connectivity index (χ4v) is 2.55. The van der Waals surface area contributed by atoms with Gasteiger partial charge in [0.25, 0.3) is 0 Å². The van der Waals surface area contributed by atoms with Crippen LogP contribution in [0.4, 0.5) is 0 Å². The van der Waals surface area contributed by atoms with Crippen molar-refractivity contribution in [3.63, 3.8) is 0 Å². The van der Waals surface area contributed by atoms with Crippen molar-refractivity contribution in [1.82, 2.24) is 20.4 Å². The third-order valence-electron chi connectivity index (χ3n) is 4.23. The molecule has 0 bridgehead atoms. The van der Waals surface area contributed by atoms with E-state index in [0.29, 0.717) is 0 Å². The molecule has 0 radical (unpaired) electrons. The van der Waals surface area contributed by atoms with E-state index >= 15 is 0 Å². The number of nitrogens with one attached hydrogen (secondary N) is 1. The first-order valence-corrected chi connectivity index (χ1v) is 6.50. The van der Waals surface area contributed by atoms with Gasteiger partial charge in [-0.1, -0.05) is 12.1 Å². The Morgan fingerprint density at radius 2 is 2.35 bits per heavy atom. The highest BCUT2D eigenvalue weighted by Crippen LogP contribution is 2.50. The van der Waals surface area contributed by atoms with Crippen molar-refractivity contribution in [2.24, 2.45) is 0 Å². The van der Waals surface area contributed by atoms with Crippen molar-refractivity contribution in [2.45, 2.75) is 37.6 Å². The molecule has 0 amide bonds. The molecule has 3 rings (SSSR count). The third kappa shape index (κ3) is 1.87. The zero-order valence-electron chi connectivity index (χ0n) is 10.6. The minimum absolute atomic E-state index is 0.214. The van der Waals surface area contributed by atoms with Crippen molar-refractivity contribution in [1.29, 1.82) is 0 Å². The summed E-state index contributed by atoms with van der Waals surface area (Å²) in [5.41, 5.74) is 0.214. The Morgan fingerprint density at radius 1 is 1.53 bits per heavy atom. The highest BCUT2D eigenvalue weighted by molar-refractivity contribution is 5.15. The molecule has 0 aromatic carbocycles. The van der Waals surface area contributed by atoms with Crippen LogP contribution in [0, 0.1) is 0 Å². The second-order valence-corrected chi connectivity index (χ2v) is 5.29. The van der Waals surface area contributed by atoms with Crippen LogP contribution in [0.1, 0.15) is 43.9 Å². The van der Waals surface area contributed by atoms with Gasteiger partial charge in [0.15, 0.2) is 5.82 Å². The summed E-state index contributed by atoms with van der Waals surface area (Å²) in [6.07, 6.45) is 3.50. The highest BCUT2D eigenvalue weighted by atomic mass is 16.5. The van der Waals surface area contributed by atoms with Gasteiger partial charge in [0.05, 0.1) is 6.04 Å². The van der Waals surface area contributed by atoms with Crippen LogP contribution in [0.5, 0.6) is 0 Å². The molecular weight excluding hydrogens is 216 g/mol. The average Bonchev–Trinajstić information content (AvgIpc) is 3.00. The molecule has 94 valence electrons. The minimum Gasteiger partial charge on any atom is -0.339 e. The topological polar surface area (TPSA) is 54.2 Å². The SMILES string of the molecule is CCC1(c2nc(C3CNCCN3C)no2)CC1. The van der Waals surface area contributed by atoms with Crippen molar-refractivity contribution in [3.05, 3.63) is 11.7 Å². The van der Waals surface area contributed by atoms with E-state index in [-0.39, 0.29) is 11.5 Å². The summed E-state index contributed by atoms with van der Waals surface area (Å²) >= 11 is 0. The molecule has 2 aliphatic rings. The van der Waals surface area contributed by atoms with E-state index in [1.54, 1.807) is 0 Å². The van der Waals surface area contributed by atoms with Gasteiger partial charge >= 0.3 is 0 Å². The predicted octanol–water partition coefficient (Wildman–Crippen LogP) is 1.09. The summed E-state index contributed by atoms with van der Waals surface area (Å²) in [4.78, 5) is 6.92. The molecule has 2 heterocycles. The average molecular weight is 236 g/mol. The Morgan fingerprint density at radius 3 is 3.00 bits per heavy atom. The molecule has 1 aliphatic heterocycles. The van der Waals surface area contributed by atoms with Gasteiger partial charge in [-0.2, -0.15) is 4.98 Å². The number of hydrogen-bond donors (Lipinski definition) is 1. The molecule has 1 saturated carbocycles. The summed E-state index contributed by atoms with van der Waals surface area (Å²) in [5, 5.41) is 7.55. The molecule has 1 N–H and O–H groups in total. The van der Waals surface area contributed by atoms with Gasteiger partial charge in [-0.3, -0.25) is 4.90 Å². The van der Waals surface area contributed by atoms with E-state index in [1.165, 1.54) is 12.8 Å². The van der Waals surface area contributed by atoms with Crippen LogP contribution in [-0.4, -0.2) is 41.7 Å². The van der Waals surface area contributed by atoms with Crippen LogP contribution in [0.2, 0.25) is 0 Å². The largest absolute Gasteiger partial charge is 0.339 e. The summed E-state index contributed by atoms with van der Waals surface area (Å²) in [7, 11) is 2.12. The van der Waals surface area contributed by atoms with Crippen molar-refractivity contribution >= 4 is 0 Å². The zero-order chi connectivity index (χ0) is 11.9. The Kier molecular flexibility index (Phi) is 2.67. The summed E-state index contributed by atoms with van der Waals surface area (Å²) in [6.45, 7) is 5.18. The first kappa shape index (κ1) is 11.2. The number of rotatable bonds is 3. The minimum atomic E-state index is 0.214. The molecule has 1 aromatic rings. The van der Waals surface area contributed by atoms with Crippen LogP contribution in [0.3, 0.4) is 0 Å². The Balaban J connectivity index is 1.80. The molecule has 1 aromatic heterocycles. The number of nitrogens with zero attached hydrogens (tertiary/aromatic N) is 3. The number of aromatic nitrogens is 2. The number of piperazine rings is 1. The van der Waals surface area contributed by atoms with E-state index in [2.05, 4.69) is 34.3 Å². The number of likely N-dealkylation sites (N-methyl/N-ethyl adjacent to an activating group) is 1. The molecule has 0 spiro atoms. The molecule has 1 saturated heterocycles. The van der Waals surface area contributed by atoms with Crippen molar-refractivity contribution < 1.29 is 4.52 Å². The lowest BCUT2D eigenvalue weighted by molar-refractivity contribution is 0.190. The van der Waals surface area contributed by atoms with Crippen LogP contribution in [-0.2, 0) is 5.41 Å². The van der Waals surface area contributed by atoms with Gasteiger partial charge < -0.3 is 9.84 Å². The van der Waals surface area contributed by atoms with E-state index in [0.717, 1.165) is 37.8 Å². The molecule has 2 fully saturated rings. The van der Waals surface area contributed by atoms with E-state index in [9.17, 15) is 0 Å². The zero-order valence-corrected chi connectivity index (χ0v) is 10.6. The third-order valence-corrected chi connectivity index (χ3v) is 4.23. The van der Waals surface area contributed by atoms with E-state index in [1.807, 2.05) is 0 Å².